The van der Waals surface area contributed by atoms with Crippen LogP contribution in [0.4, 0.5) is 0 Å². The van der Waals surface area contributed by atoms with Crippen LogP contribution in [0.2, 0.25) is 0 Å². The number of hydrogen-bond acceptors (Lipinski definition) is 3. The van der Waals surface area contributed by atoms with Gasteiger partial charge in [-0.05, 0) is 54.6 Å². The Hall–Kier alpha value is -0.870. The summed E-state index contributed by atoms with van der Waals surface area (Å²) in [5.74, 6) is 0.336. The van der Waals surface area contributed by atoms with E-state index < -0.39 is 0 Å². The zero-order valence-corrected chi connectivity index (χ0v) is 11.4. The van der Waals surface area contributed by atoms with E-state index in [9.17, 15) is 4.79 Å². The first-order chi connectivity index (χ1) is 8.84. The lowest BCUT2D eigenvalue weighted by Gasteiger charge is -2.25. The summed E-state index contributed by atoms with van der Waals surface area (Å²) in [6, 6.07) is 2.92. The molecule has 0 bridgehead atoms. The molecular formula is C14H20N2OS. The van der Waals surface area contributed by atoms with Crippen LogP contribution in [0.5, 0.6) is 0 Å². The molecule has 1 aromatic rings. The number of nitrogens with zero attached hydrogens (tertiary/aromatic N) is 1. The summed E-state index contributed by atoms with van der Waals surface area (Å²) >= 11 is 1.72. The van der Waals surface area contributed by atoms with Gasteiger partial charge in [0.2, 0.25) is 5.91 Å². The van der Waals surface area contributed by atoms with Gasteiger partial charge in [0.25, 0.3) is 0 Å². The quantitative estimate of drug-likeness (QED) is 0.910. The largest absolute Gasteiger partial charge is 0.336 e. The molecule has 98 valence electrons. The van der Waals surface area contributed by atoms with E-state index in [-0.39, 0.29) is 0 Å². The van der Waals surface area contributed by atoms with Crippen LogP contribution in [0, 0.1) is 0 Å². The summed E-state index contributed by atoms with van der Waals surface area (Å²) in [5, 5.41) is 7.71. The molecule has 0 radical (unpaired) electrons. The molecule has 0 saturated carbocycles. The van der Waals surface area contributed by atoms with Crippen molar-refractivity contribution in [1.82, 2.24) is 10.2 Å². The molecule has 2 aliphatic rings. The van der Waals surface area contributed by atoms with Gasteiger partial charge in [0.15, 0.2) is 0 Å². The number of likely N-dealkylation sites (tertiary alicyclic amines) is 1. The van der Waals surface area contributed by atoms with Gasteiger partial charge in [-0.3, -0.25) is 4.79 Å². The fourth-order valence-electron chi connectivity index (χ4n) is 3.14. The summed E-state index contributed by atoms with van der Waals surface area (Å²) < 4.78 is 0. The Labute approximate surface area is 112 Å². The first kappa shape index (κ1) is 12.2. The van der Waals surface area contributed by atoms with Gasteiger partial charge in [-0.15, -0.1) is 0 Å². The van der Waals surface area contributed by atoms with Crippen molar-refractivity contribution in [3.63, 3.8) is 0 Å². The van der Waals surface area contributed by atoms with E-state index in [1.54, 1.807) is 11.3 Å². The number of carbonyl (C=O) groups excluding carboxylic acids is 1. The average Bonchev–Trinajstić information content (AvgIpc) is 3.11. The minimum Gasteiger partial charge on any atom is -0.336 e. The third kappa shape index (κ3) is 2.45. The van der Waals surface area contributed by atoms with Crippen molar-refractivity contribution in [1.29, 1.82) is 0 Å². The van der Waals surface area contributed by atoms with E-state index in [1.165, 1.54) is 12.0 Å². The third-order valence-electron chi connectivity index (χ3n) is 4.08. The molecule has 2 unspecified atom stereocenters. The molecule has 18 heavy (non-hydrogen) atoms. The summed E-state index contributed by atoms with van der Waals surface area (Å²) in [6.07, 6.45) is 5.32. The number of hydrogen-bond donors (Lipinski definition) is 1. The number of carbonyl (C=O) groups is 1. The van der Waals surface area contributed by atoms with Crippen molar-refractivity contribution < 1.29 is 4.79 Å². The third-order valence-corrected chi connectivity index (χ3v) is 4.79. The fraction of sp³-hybridized carbons (Fsp3) is 0.643. The molecule has 2 saturated heterocycles. The molecule has 3 heterocycles. The second kappa shape index (κ2) is 5.41. The molecule has 0 aliphatic carbocycles. The van der Waals surface area contributed by atoms with E-state index in [1.807, 2.05) is 0 Å². The highest BCUT2D eigenvalue weighted by Gasteiger charge is 2.31. The van der Waals surface area contributed by atoms with Crippen LogP contribution >= 0.6 is 11.3 Å². The van der Waals surface area contributed by atoms with Gasteiger partial charge in [-0.2, -0.15) is 11.3 Å². The second-order valence-corrected chi connectivity index (χ2v) is 6.08. The standard InChI is InChI=1S/C14H20N2OS/c17-14(9-12-3-1-6-15-12)16-7-2-4-13(16)11-5-8-18-10-11/h5,8,10,12-13,15H,1-4,6-7,9H2. The highest BCUT2D eigenvalue weighted by Crippen LogP contribution is 2.33. The molecule has 2 atom stereocenters. The molecule has 0 spiro atoms. The Morgan fingerprint density at radius 1 is 1.44 bits per heavy atom. The van der Waals surface area contributed by atoms with Crippen LogP contribution in [-0.4, -0.2) is 29.9 Å². The van der Waals surface area contributed by atoms with Crippen molar-refractivity contribution >= 4 is 17.2 Å². The molecule has 3 nitrogen and oxygen atoms in total. The predicted molar refractivity (Wildman–Crippen MR) is 73.6 cm³/mol. The second-order valence-electron chi connectivity index (χ2n) is 5.30. The molecular weight excluding hydrogens is 244 g/mol. The zero-order chi connectivity index (χ0) is 12.4. The van der Waals surface area contributed by atoms with Crippen LogP contribution in [0.25, 0.3) is 0 Å². The van der Waals surface area contributed by atoms with Gasteiger partial charge in [0.05, 0.1) is 6.04 Å². The lowest BCUT2D eigenvalue weighted by molar-refractivity contribution is -0.132. The van der Waals surface area contributed by atoms with Crippen LogP contribution in [0.3, 0.4) is 0 Å². The van der Waals surface area contributed by atoms with Crippen LogP contribution in [0.15, 0.2) is 16.8 Å². The molecule has 4 heteroatoms. The lowest BCUT2D eigenvalue weighted by atomic mass is 10.1. The lowest BCUT2D eigenvalue weighted by Crippen LogP contribution is -2.35. The predicted octanol–water partition coefficient (Wildman–Crippen LogP) is 2.55. The van der Waals surface area contributed by atoms with E-state index in [0.717, 1.165) is 32.4 Å². The Balaban J connectivity index is 1.65. The van der Waals surface area contributed by atoms with Crippen LogP contribution in [0.1, 0.15) is 43.7 Å². The minimum atomic E-state index is 0.336. The minimum absolute atomic E-state index is 0.336. The molecule has 1 aromatic heterocycles. The van der Waals surface area contributed by atoms with Gasteiger partial charge in [-0.1, -0.05) is 0 Å². The zero-order valence-electron chi connectivity index (χ0n) is 10.6. The number of thiophene rings is 1. The van der Waals surface area contributed by atoms with Crippen molar-refractivity contribution in [2.24, 2.45) is 0 Å². The summed E-state index contributed by atoms with van der Waals surface area (Å²) in [6.45, 7) is 2.01. The van der Waals surface area contributed by atoms with Crippen molar-refractivity contribution in [3.05, 3.63) is 22.4 Å². The Bertz CT molecular complexity index is 398. The summed E-state index contributed by atoms with van der Waals surface area (Å²) in [4.78, 5) is 14.5. The molecule has 1 N–H and O–H groups in total. The molecule has 2 aliphatic heterocycles. The van der Waals surface area contributed by atoms with Gasteiger partial charge in [0.1, 0.15) is 0 Å². The van der Waals surface area contributed by atoms with Crippen molar-refractivity contribution in [2.75, 3.05) is 13.1 Å². The maximum atomic E-state index is 12.4. The maximum Gasteiger partial charge on any atom is 0.224 e. The highest BCUT2D eigenvalue weighted by molar-refractivity contribution is 7.07. The van der Waals surface area contributed by atoms with Crippen LogP contribution in [-0.2, 0) is 4.79 Å². The van der Waals surface area contributed by atoms with E-state index in [0.29, 0.717) is 24.4 Å². The normalized spacial score (nSPS) is 27.9. The Kier molecular flexibility index (Phi) is 3.66. The summed E-state index contributed by atoms with van der Waals surface area (Å²) in [7, 11) is 0. The topological polar surface area (TPSA) is 32.3 Å². The Morgan fingerprint density at radius 3 is 3.11 bits per heavy atom. The number of amides is 1. The molecule has 2 fully saturated rings. The highest BCUT2D eigenvalue weighted by atomic mass is 32.1. The van der Waals surface area contributed by atoms with Gasteiger partial charge < -0.3 is 10.2 Å². The number of nitrogens with one attached hydrogen (secondary N) is 1. The molecule has 3 rings (SSSR count). The first-order valence-corrected chi connectivity index (χ1v) is 7.84. The first-order valence-electron chi connectivity index (χ1n) is 6.89. The summed E-state index contributed by atoms with van der Waals surface area (Å²) in [5.41, 5.74) is 1.32. The van der Waals surface area contributed by atoms with Crippen molar-refractivity contribution in [2.45, 2.75) is 44.2 Å². The van der Waals surface area contributed by atoms with Gasteiger partial charge >= 0.3 is 0 Å². The maximum absolute atomic E-state index is 12.4. The van der Waals surface area contributed by atoms with Crippen molar-refractivity contribution in [3.8, 4) is 0 Å². The smallest absolute Gasteiger partial charge is 0.224 e. The fourth-order valence-corrected chi connectivity index (χ4v) is 3.84. The monoisotopic (exact) mass is 264 g/mol. The van der Waals surface area contributed by atoms with E-state index in [4.69, 9.17) is 0 Å². The van der Waals surface area contributed by atoms with Gasteiger partial charge in [-0.25, -0.2) is 0 Å². The molecule has 0 aromatic carbocycles. The Morgan fingerprint density at radius 2 is 2.39 bits per heavy atom. The van der Waals surface area contributed by atoms with Gasteiger partial charge in [0, 0.05) is 19.0 Å². The van der Waals surface area contributed by atoms with E-state index >= 15 is 0 Å². The average molecular weight is 264 g/mol. The van der Waals surface area contributed by atoms with E-state index in [2.05, 4.69) is 27.0 Å². The SMILES string of the molecule is O=C(CC1CCCN1)N1CCCC1c1ccsc1. The van der Waals surface area contributed by atoms with Crippen LogP contribution < -0.4 is 5.32 Å². The molecule has 1 amide bonds. The number of rotatable bonds is 3.